The van der Waals surface area contributed by atoms with Crippen LogP contribution in [0.4, 0.5) is 4.53 Å². The topological polar surface area (TPSA) is 9.23 Å². The maximum atomic E-state index is 12.7. The maximum Gasteiger partial charge on any atom is 0.183 e. The van der Waals surface area contributed by atoms with E-state index >= 15 is 0 Å². The van der Waals surface area contributed by atoms with E-state index in [1.54, 1.807) is 6.08 Å². The maximum absolute atomic E-state index is 12.7. The molecule has 0 aromatic heterocycles. The summed E-state index contributed by atoms with van der Waals surface area (Å²) >= 11 is 0. The zero-order valence-corrected chi connectivity index (χ0v) is 12.4. The van der Waals surface area contributed by atoms with E-state index in [-0.39, 0.29) is 5.41 Å². The summed E-state index contributed by atoms with van der Waals surface area (Å²) in [4.78, 5) is 4.07. The fourth-order valence-corrected chi connectivity index (χ4v) is 2.00. The molecule has 18 heavy (non-hydrogen) atoms. The van der Waals surface area contributed by atoms with Gasteiger partial charge in [0, 0.05) is 15.7 Å². The highest BCUT2D eigenvalue weighted by Gasteiger charge is 2.24. The predicted octanol–water partition coefficient (Wildman–Crippen LogP) is 5.48. The van der Waals surface area contributed by atoms with Gasteiger partial charge in [0.25, 0.3) is 0 Å². The average Bonchev–Trinajstić information content (AvgIpc) is 2.37. The Morgan fingerprint density at radius 3 is 2.17 bits per heavy atom. The third kappa shape index (κ3) is 3.59. The lowest BCUT2D eigenvalue weighted by molar-refractivity contribution is -0.00865. The molecule has 0 bridgehead atoms. The Kier molecular flexibility index (Phi) is 6.67. The van der Waals surface area contributed by atoms with E-state index in [0.717, 1.165) is 17.5 Å². The molecule has 0 radical (unpaired) electrons. The van der Waals surface area contributed by atoms with Crippen LogP contribution in [0.1, 0.15) is 58.2 Å². The number of rotatable bonds is 3. The van der Waals surface area contributed by atoms with Gasteiger partial charge in [-0.2, -0.15) is 0 Å². The number of hydrogen-bond donors (Lipinski definition) is 0. The van der Waals surface area contributed by atoms with Gasteiger partial charge in [-0.3, -0.25) is 4.94 Å². The predicted molar refractivity (Wildman–Crippen MR) is 77.7 cm³/mol. The van der Waals surface area contributed by atoms with E-state index in [1.807, 2.05) is 26.0 Å². The van der Waals surface area contributed by atoms with E-state index in [2.05, 4.69) is 39.2 Å². The number of halogens is 1. The van der Waals surface area contributed by atoms with Gasteiger partial charge in [0.2, 0.25) is 0 Å². The zero-order chi connectivity index (χ0) is 14.3. The molecule has 0 spiro atoms. The van der Waals surface area contributed by atoms with Crippen molar-refractivity contribution in [2.24, 2.45) is 0 Å². The first-order valence-corrected chi connectivity index (χ1v) is 6.53. The smallest absolute Gasteiger partial charge is 0.183 e. The molecular formula is C16H25FO. The molecule has 0 amide bonds. The minimum atomic E-state index is -0.147. The largest absolute Gasteiger partial charge is 0.293 e. The summed E-state index contributed by atoms with van der Waals surface area (Å²) in [6.07, 6.45) is 2.48. The van der Waals surface area contributed by atoms with Crippen molar-refractivity contribution < 1.29 is 9.47 Å². The molecule has 0 fully saturated rings. The fraction of sp³-hybridized carbons (Fsp3) is 0.500. The van der Waals surface area contributed by atoms with Crippen molar-refractivity contribution in [3.05, 3.63) is 35.4 Å². The van der Waals surface area contributed by atoms with Gasteiger partial charge in [0.15, 0.2) is 5.75 Å². The van der Waals surface area contributed by atoms with Crippen LogP contribution >= 0.6 is 0 Å². The van der Waals surface area contributed by atoms with Crippen LogP contribution < -0.4 is 4.94 Å². The van der Waals surface area contributed by atoms with Crippen molar-refractivity contribution in [3.63, 3.8) is 0 Å². The molecule has 0 aliphatic heterocycles. The van der Waals surface area contributed by atoms with Crippen LogP contribution in [-0.4, -0.2) is 0 Å². The first-order chi connectivity index (χ1) is 8.45. The Bertz CT molecular complexity index is 389. The second-order valence-electron chi connectivity index (χ2n) is 4.90. The van der Waals surface area contributed by atoms with E-state index in [9.17, 15) is 4.53 Å². The van der Waals surface area contributed by atoms with Gasteiger partial charge >= 0.3 is 0 Å². The van der Waals surface area contributed by atoms with Crippen molar-refractivity contribution in [3.8, 4) is 5.75 Å². The Balaban J connectivity index is 0.00000137. The van der Waals surface area contributed by atoms with Gasteiger partial charge in [0.1, 0.15) is 0 Å². The highest BCUT2D eigenvalue weighted by atomic mass is 19.3. The van der Waals surface area contributed by atoms with Gasteiger partial charge in [-0.15, -0.1) is 0 Å². The lowest BCUT2D eigenvalue weighted by Crippen LogP contribution is -2.16. The van der Waals surface area contributed by atoms with Crippen molar-refractivity contribution in [1.82, 2.24) is 0 Å². The van der Waals surface area contributed by atoms with E-state index in [1.165, 1.54) is 0 Å². The average molecular weight is 252 g/mol. The molecule has 0 aliphatic rings. The van der Waals surface area contributed by atoms with Crippen LogP contribution in [-0.2, 0) is 11.8 Å². The summed E-state index contributed by atoms with van der Waals surface area (Å²) in [6.45, 7) is 15.9. The summed E-state index contributed by atoms with van der Waals surface area (Å²) in [5.41, 5.74) is 2.59. The number of hydrogen-bond acceptors (Lipinski definition) is 1. The van der Waals surface area contributed by atoms with E-state index in [0.29, 0.717) is 11.3 Å². The molecule has 1 aromatic carbocycles. The lowest BCUT2D eigenvalue weighted by atomic mass is 9.81. The van der Waals surface area contributed by atoms with Crippen molar-refractivity contribution in [1.29, 1.82) is 0 Å². The molecule has 2 heteroatoms. The first kappa shape index (κ1) is 16.7. The first-order valence-electron chi connectivity index (χ1n) is 6.53. The summed E-state index contributed by atoms with van der Waals surface area (Å²) in [5, 5.41) is 0. The van der Waals surface area contributed by atoms with Crippen molar-refractivity contribution >= 4 is 6.08 Å². The highest BCUT2D eigenvalue weighted by molar-refractivity contribution is 5.62. The summed E-state index contributed by atoms with van der Waals surface area (Å²) in [6, 6.07) is 3.86. The molecule has 0 saturated carbocycles. The Morgan fingerprint density at radius 1 is 1.28 bits per heavy atom. The van der Waals surface area contributed by atoms with Crippen LogP contribution in [0.25, 0.3) is 6.08 Å². The molecule has 0 N–H and O–H groups in total. The van der Waals surface area contributed by atoms with Gasteiger partial charge in [-0.1, -0.05) is 66.3 Å². The van der Waals surface area contributed by atoms with Gasteiger partial charge in [-0.05, 0) is 17.4 Å². The Hall–Kier alpha value is -1.31. The minimum absolute atomic E-state index is 0.147. The van der Waals surface area contributed by atoms with Gasteiger partial charge in [0.05, 0.1) is 0 Å². The van der Waals surface area contributed by atoms with Crippen LogP contribution in [0.2, 0.25) is 0 Å². The Morgan fingerprint density at radius 2 is 1.83 bits per heavy atom. The molecule has 0 atom stereocenters. The summed E-state index contributed by atoms with van der Waals surface area (Å²) < 4.78 is 12.7. The zero-order valence-electron chi connectivity index (χ0n) is 12.4. The standard InChI is InChI=1S/C14H19FO.C2H6/c1-6-10-8-9-11(7-2)13(16-15)12(10)14(3,4)5;1-2/h7-9H,2,6H2,1,3-5H3;1-2H3. The van der Waals surface area contributed by atoms with Crippen LogP contribution in [0.3, 0.4) is 0 Å². The van der Waals surface area contributed by atoms with Crippen LogP contribution in [0, 0.1) is 0 Å². The monoisotopic (exact) mass is 252 g/mol. The summed E-state index contributed by atoms with van der Waals surface area (Å²) in [5.74, 6) is 0.307. The molecule has 0 heterocycles. The molecule has 1 rings (SSSR count). The van der Waals surface area contributed by atoms with Crippen LogP contribution in [0.5, 0.6) is 5.75 Å². The molecule has 0 aliphatic carbocycles. The highest BCUT2D eigenvalue weighted by Crippen LogP contribution is 2.38. The molecule has 102 valence electrons. The van der Waals surface area contributed by atoms with E-state index < -0.39 is 0 Å². The van der Waals surface area contributed by atoms with Gasteiger partial charge in [-0.25, -0.2) is 0 Å². The summed E-state index contributed by atoms with van der Waals surface area (Å²) in [7, 11) is 0. The third-order valence-electron chi connectivity index (χ3n) is 2.70. The quantitative estimate of drug-likeness (QED) is 0.692. The SMILES string of the molecule is C=Cc1ccc(CC)c(C(C)(C)C)c1OF.CC. The minimum Gasteiger partial charge on any atom is -0.293 e. The third-order valence-corrected chi connectivity index (χ3v) is 2.70. The molecule has 0 unspecified atom stereocenters. The van der Waals surface area contributed by atoms with Crippen molar-refractivity contribution in [2.75, 3.05) is 0 Å². The normalized spacial score (nSPS) is 10.4. The molecule has 1 nitrogen and oxygen atoms in total. The van der Waals surface area contributed by atoms with Crippen molar-refractivity contribution in [2.45, 2.75) is 53.4 Å². The second kappa shape index (κ2) is 7.20. The number of aryl methyl sites for hydroxylation is 1. The number of benzene rings is 1. The fourth-order valence-electron chi connectivity index (χ4n) is 2.00. The lowest BCUT2D eigenvalue weighted by Gasteiger charge is -2.25. The second-order valence-corrected chi connectivity index (χ2v) is 4.90. The Labute approximate surface area is 111 Å². The van der Waals surface area contributed by atoms with E-state index in [4.69, 9.17) is 0 Å². The molecule has 0 saturated heterocycles. The van der Waals surface area contributed by atoms with Gasteiger partial charge < -0.3 is 0 Å². The molecule has 1 aromatic rings. The molecular weight excluding hydrogens is 227 g/mol. The van der Waals surface area contributed by atoms with Crippen LogP contribution in [0.15, 0.2) is 18.7 Å².